The first-order valence-electron chi connectivity index (χ1n) is 6.46. The van der Waals surface area contributed by atoms with Crippen molar-refractivity contribution >= 4 is 27.5 Å². The van der Waals surface area contributed by atoms with E-state index in [1.165, 1.54) is 11.1 Å². The lowest BCUT2D eigenvalue weighted by Crippen LogP contribution is -2.28. The molecule has 0 saturated carbocycles. The van der Waals surface area contributed by atoms with Crippen molar-refractivity contribution < 1.29 is 9.18 Å². The first-order valence-corrected chi connectivity index (χ1v) is 7.25. The maximum Gasteiger partial charge on any atom is 0.255 e. The summed E-state index contributed by atoms with van der Waals surface area (Å²) in [7, 11) is 0. The van der Waals surface area contributed by atoms with E-state index in [9.17, 15) is 9.18 Å². The molecular weight excluding hydrogens is 323 g/mol. The number of carbonyl (C=O) groups is 1. The predicted molar refractivity (Wildman–Crippen MR) is 79.4 cm³/mol. The normalized spacial score (nSPS) is 14.7. The van der Waals surface area contributed by atoms with Crippen LogP contribution in [0.3, 0.4) is 0 Å². The maximum absolute atomic E-state index is 13.5. The second-order valence-corrected chi connectivity index (χ2v) is 5.27. The molecule has 20 heavy (non-hydrogen) atoms. The molecule has 0 unspecified atom stereocenters. The van der Waals surface area contributed by atoms with E-state index in [1.54, 1.807) is 12.1 Å². The highest BCUT2D eigenvalue weighted by Crippen LogP contribution is 2.20. The van der Waals surface area contributed by atoms with Crippen molar-refractivity contribution in [2.45, 2.75) is 32.6 Å². The summed E-state index contributed by atoms with van der Waals surface area (Å²) < 4.78 is 14.0. The molecule has 0 saturated heterocycles. The van der Waals surface area contributed by atoms with Gasteiger partial charge in [-0.15, -0.1) is 0 Å². The fourth-order valence-electron chi connectivity index (χ4n) is 1.78. The monoisotopic (exact) mass is 336 g/mol. The molecule has 104 valence electrons. The number of benzene rings is 1. The molecule has 0 spiro atoms. The Morgan fingerprint density at radius 1 is 1.45 bits per heavy atom. The SMILES string of the molecule is CCCC#CN1N=C(c2ccc(Br)c(F)c2)CCC1=O. The van der Waals surface area contributed by atoms with Crippen LogP contribution >= 0.6 is 15.9 Å². The summed E-state index contributed by atoms with van der Waals surface area (Å²) in [5.74, 6) is 2.44. The molecule has 2 rings (SSSR count). The molecular formula is C15H14BrFN2O. The fraction of sp³-hybridized carbons (Fsp3) is 0.333. The largest absolute Gasteiger partial charge is 0.272 e. The number of carbonyl (C=O) groups excluding carboxylic acids is 1. The van der Waals surface area contributed by atoms with Crippen LogP contribution < -0.4 is 0 Å². The van der Waals surface area contributed by atoms with Crippen LogP contribution in [0, 0.1) is 17.8 Å². The summed E-state index contributed by atoms with van der Waals surface area (Å²) in [5.41, 5.74) is 1.36. The molecule has 1 heterocycles. The molecule has 0 fully saturated rings. The number of hydrazone groups is 1. The van der Waals surface area contributed by atoms with Gasteiger partial charge in [0.05, 0.1) is 10.2 Å². The smallest absolute Gasteiger partial charge is 0.255 e. The van der Waals surface area contributed by atoms with Gasteiger partial charge in [0.2, 0.25) is 0 Å². The Morgan fingerprint density at radius 3 is 2.95 bits per heavy atom. The lowest BCUT2D eigenvalue weighted by molar-refractivity contribution is -0.128. The van der Waals surface area contributed by atoms with Crippen LogP contribution in [-0.2, 0) is 4.79 Å². The summed E-state index contributed by atoms with van der Waals surface area (Å²) >= 11 is 3.12. The van der Waals surface area contributed by atoms with Crippen LogP contribution in [0.4, 0.5) is 4.39 Å². The average Bonchev–Trinajstić information content (AvgIpc) is 2.44. The molecule has 0 N–H and O–H groups in total. The zero-order chi connectivity index (χ0) is 14.5. The van der Waals surface area contributed by atoms with E-state index in [0.717, 1.165) is 12.8 Å². The minimum atomic E-state index is -0.342. The molecule has 3 nitrogen and oxygen atoms in total. The van der Waals surface area contributed by atoms with E-state index in [2.05, 4.69) is 33.0 Å². The number of nitrogens with zero attached hydrogens (tertiary/aromatic N) is 2. The number of hydrogen-bond acceptors (Lipinski definition) is 2. The van der Waals surface area contributed by atoms with Crippen LogP contribution in [0.25, 0.3) is 0 Å². The average molecular weight is 337 g/mol. The van der Waals surface area contributed by atoms with Crippen molar-refractivity contribution in [2.24, 2.45) is 5.10 Å². The van der Waals surface area contributed by atoms with Crippen molar-refractivity contribution in [3.8, 4) is 12.0 Å². The number of amides is 1. The standard InChI is InChI=1S/C15H14BrFN2O/c1-2-3-4-9-19-15(20)8-7-14(18-19)11-5-6-12(16)13(17)10-11/h5-6,10H,2-3,7-8H2,1H3. The number of halogens is 2. The number of rotatable bonds is 2. The maximum atomic E-state index is 13.5. The first-order chi connectivity index (χ1) is 9.61. The van der Waals surface area contributed by atoms with Gasteiger partial charge in [-0.25, -0.2) is 4.39 Å². The van der Waals surface area contributed by atoms with E-state index >= 15 is 0 Å². The Labute approximate surface area is 126 Å². The van der Waals surface area contributed by atoms with Crippen LogP contribution in [0.2, 0.25) is 0 Å². The second-order valence-electron chi connectivity index (χ2n) is 4.42. The third-order valence-electron chi connectivity index (χ3n) is 2.85. The van der Waals surface area contributed by atoms with E-state index in [4.69, 9.17) is 0 Å². The van der Waals surface area contributed by atoms with Crippen molar-refractivity contribution in [1.82, 2.24) is 5.01 Å². The van der Waals surface area contributed by atoms with Gasteiger partial charge in [0, 0.05) is 30.9 Å². The Morgan fingerprint density at radius 2 is 2.25 bits per heavy atom. The molecule has 0 bridgehead atoms. The van der Waals surface area contributed by atoms with Crippen molar-refractivity contribution in [3.63, 3.8) is 0 Å². The summed E-state index contributed by atoms with van der Waals surface area (Å²) in [5, 5.41) is 5.40. The Hall–Kier alpha value is -1.67. The van der Waals surface area contributed by atoms with Crippen molar-refractivity contribution in [2.75, 3.05) is 0 Å². The van der Waals surface area contributed by atoms with Crippen molar-refractivity contribution in [3.05, 3.63) is 34.1 Å². The lowest BCUT2D eigenvalue weighted by atomic mass is 10.0. The predicted octanol–water partition coefficient (Wildman–Crippen LogP) is 3.68. The van der Waals surface area contributed by atoms with E-state index in [0.29, 0.717) is 28.6 Å². The van der Waals surface area contributed by atoms with Gasteiger partial charge in [-0.05, 0) is 34.5 Å². The van der Waals surface area contributed by atoms with Gasteiger partial charge in [-0.1, -0.05) is 18.9 Å². The molecule has 0 atom stereocenters. The highest BCUT2D eigenvalue weighted by atomic mass is 79.9. The van der Waals surface area contributed by atoms with E-state index < -0.39 is 0 Å². The topological polar surface area (TPSA) is 32.7 Å². The quantitative estimate of drug-likeness (QED) is 0.758. The number of unbranched alkanes of at least 4 members (excludes halogenated alkanes) is 1. The van der Waals surface area contributed by atoms with Gasteiger partial charge in [-0.3, -0.25) is 4.79 Å². The molecule has 1 aromatic carbocycles. The van der Waals surface area contributed by atoms with E-state index in [-0.39, 0.29) is 11.7 Å². The lowest BCUT2D eigenvalue weighted by Gasteiger charge is -2.18. The van der Waals surface area contributed by atoms with Crippen LogP contribution in [0.1, 0.15) is 38.2 Å². The third kappa shape index (κ3) is 3.45. The van der Waals surface area contributed by atoms with Gasteiger partial charge in [0.25, 0.3) is 5.91 Å². The molecule has 5 heteroatoms. The molecule has 0 aliphatic carbocycles. The van der Waals surface area contributed by atoms with Gasteiger partial charge in [0.15, 0.2) is 0 Å². The second kappa shape index (κ2) is 6.67. The van der Waals surface area contributed by atoms with Crippen LogP contribution in [-0.4, -0.2) is 16.6 Å². The fourth-order valence-corrected chi connectivity index (χ4v) is 2.03. The Kier molecular flexibility index (Phi) is 4.91. The molecule has 0 radical (unpaired) electrons. The van der Waals surface area contributed by atoms with Crippen LogP contribution in [0.5, 0.6) is 0 Å². The van der Waals surface area contributed by atoms with Crippen molar-refractivity contribution in [1.29, 1.82) is 0 Å². The zero-order valence-corrected chi connectivity index (χ0v) is 12.7. The molecule has 1 aliphatic heterocycles. The van der Waals surface area contributed by atoms with Gasteiger partial charge >= 0.3 is 0 Å². The highest BCUT2D eigenvalue weighted by molar-refractivity contribution is 9.10. The third-order valence-corrected chi connectivity index (χ3v) is 3.49. The summed E-state index contributed by atoms with van der Waals surface area (Å²) in [6, 6.07) is 7.57. The molecule has 1 aliphatic rings. The first kappa shape index (κ1) is 14.7. The summed E-state index contributed by atoms with van der Waals surface area (Å²) in [6.45, 7) is 2.02. The molecule has 0 aromatic heterocycles. The zero-order valence-electron chi connectivity index (χ0n) is 11.1. The minimum Gasteiger partial charge on any atom is -0.272 e. The van der Waals surface area contributed by atoms with Gasteiger partial charge in [0.1, 0.15) is 5.82 Å². The van der Waals surface area contributed by atoms with Gasteiger partial charge in [-0.2, -0.15) is 10.1 Å². The van der Waals surface area contributed by atoms with Crippen LogP contribution in [0.15, 0.2) is 27.8 Å². The summed E-state index contributed by atoms with van der Waals surface area (Å²) in [6.07, 6.45) is 2.51. The number of hydrogen-bond donors (Lipinski definition) is 0. The Balaban J connectivity index is 2.27. The minimum absolute atomic E-state index is 0.116. The summed E-state index contributed by atoms with van der Waals surface area (Å²) in [4.78, 5) is 11.7. The highest BCUT2D eigenvalue weighted by Gasteiger charge is 2.20. The van der Waals surface area contributed by atoms with E-state index in [1.807, 2.05) is 6.92 Å². The van der Waals surface area contributed by atoms with Gasteiger partial charge < -0.3 is 0 Å². The molecule has 1 amide bonds. The Bertz CT molecular complexity index is 616. The molecule has 1 aromatic rings.